The smallest absolute Gasteiger partial charge is 0.0575 e. The van der Waals surface area contributed by atoms with E-state index in [2.05, 4.69) is 25.7 Å². The first-order valence-electron chi connectivity index (χ1n) is 6.67. The van der Waals surface area contributed by atoms with Crippen LogP contribution in [0.4, 0.5) is 0 Å². The fraction of sp³-hybridized carbons (Fsp3) is 0.857. The van der Waals surface area contributed by atoms with Crippen LogP contribution in [0.5, 0.6) is 0 Å². The molecule has 1 aliphatic carbocycles. The normalized spacial score (nSPS) is 19.8. The Hall–Kier alpha value is -0.340. The third kappa shape index (κ3) is 5.13. The second-order valence-corrected chi connectivity index (χ2v) is 5.36. The minimum absolute atomic E-state index is 0.160. The zero-order chi connectivity index (χ0) is 12.0. The number of aliphatic hydroxyl groups excluding tert-OH is 1. The number of hydrogen-bond acceptors (Lipinski definition) is 2. The molecular weight excluding hydrogens is 198 g/mol. The summed E-state index contributed by atoms with van der Waals surface area (Å²) in [5.74, 6) is 1.26. The summed E-state index contributed by atoms with van der Waals surface area (Å²) >= 11 is 0. The van der Waals surface area contributed by atoms with E-state index in [4.69, 9.17) is 0 Å². The Bertz CT molecular complexity index is 199. The number of hydrogen-bond donors (Lipinski definition) is 2. The van der Waals surface area contributed by atoms with Gasteiger partial charge in [-0.15, -0.1) is 6.58 Å². The molecular formula is C14H27NO. The third-order valence-electron chi connectivity index (χ3n) is 3.49. The lowest BCUT2D eigenvalue weighted by Gasteiger charge is -2.20. The van der Waals surface area contributed by atoms with Crippen LogP contribution in [0.1, 0.15) is 46.0 Å². The lowest BCUT2D eigenvalue weighted by Crippen LogP contribution is -2.34. The van der Waals surface area contributed by atoms with Crippen LogP contribution < -0.4 is 5.32 Å². The van der Waals surface area contributed by atoms with Crippen molar-refractivity contribution in [2.45, 2.75) is 58.1 Å². The fourth-order valence-electron chi connectivity index (χ4n) is 2.05. The van der Waals surface area contributed by atoms with Crippen LogP contribution in [0.15, 0.2) is 12.7 Å². The van der Waals surface area contributed by atoms with Gasteiger partial charge in [0, 0.05) is 6.04 Å². The summed E-state index contributed by atoms with van der Waals surface area (Å²) in [6.45, 7) is 8.86. The first kappa shape index (κ1) is 13.7. The maximum Gasteiger partial charge on any atom is 0.0575 e. The molecule has 0 bridgehead atoms. The van der Waals surface area contributed by atoms with Gasteiger partial charge in [-0.2, -0.15) is 0 Å². The standard InChI is InChI=1S/C14H27NO/c1-4-5-6-13(12-7-8-12)15-10-9-14(16)11(2)3/h4,11-16H,1,5-10H2,2-3H3. The van der Waals surface area contributed by atoms with Crippen LogP contribution >= 0.6 is 0 Å². The summed E-state index contributed by atoms with van der Waals surface area (Å²) in [7, 11) is 0. The van der Waals surface area contributed by atoms with Crippen LogP contribution in [-0.4, -0.2) is 23.8 Å². The number of aliphatic hydroxyl groups is 1. The van der Waals surface area contributed by atoms with Gasteiger partial charge in [-0.3, -0.25) is 0 Å². The predicted octanol–water partition coefficient (Wildman–Crippen LogP) is 2.73. The Kier molecular flexibility index (Phi) is 6.07. The third-order valence-corrected chi connectivity index (χ3v) is 3.49. The van der Waals surface area contributed by atoms with Gasteiger partial charge >= 0.3 is 0 Å². The first-order chi connectivity index (χ1) is 7.65. The summed E-state index contributed by atoms with van der Waals surface area (Å²) in [5, 5.41) is 13.3. The minimum atomic E-state index is -0.160. The molecule has 1 aliphatic rings. The van der Waals surface area contributed by atoms with E-state index in [1.54, 1.807) is 0 Å². The van der Waals surface area contributed by atoms with Gasteiger partial charge in [-0.25, -0.2) is 0 Å². The highest BCUT2D eigenvalue weighted by molar-refractivity contribution is 4.88. The van der Waals surface area contributed by atoms with Gasteiger partial charge in [0.2, 0.25) is 0 Å². The average molecular weight is 225 g/mol. The molecule has 0 heterocycles. The van der Waals surface area contributed by atoms with Crippen molar-refractivity contribution >= 4 is 0 Å². The van der Waals surface area contributed by atoms with Crippen molar-refractivity contribution in [2.75, 3.05) is 6.54 Å². The van der Waals surface area contributed by atoms with Crippen molar-refractivity contribution in [3.05, 3.63) is 12.7 Å². The number of rotatable bonds is 9. The highest BCUT2D eigenvalue weighted by Gasteiger charge is 2.30. The molecule has 0 aromatic rings. The van der Waals surface area contributed by atoms with Gasteiger partial charge in [-0.05, 0) is 50.5 Å². The van der Waals surface area contributed by atoms with Crippen LogP contribution in [0.25, 0.3) is 0 Å². The Balaban J connectivity index is 2.14. The second-order valence-electron chi connectivity index (χ2n) is 5.36. The van der Waals surface area contributed by atoms with Crippen LogP contribution in [0.2, 0.25) is 0 Å². The van der Waals surface area contributed by atoms with Gasteiger partial charge in [0.1, 0.15) is 0 Å². The zero-order valence-electron chi connectivity index (χ0n) is 10.8. The van der Waals surface area contributed by atoms with Gasteiger partial charge in [0.15, 0.2) is 0 Å². The molecule has 0 aromatic carbocycles. The zero-order valence-corrected chi connectivity index (χ0v) is 10.8. The molecule has 16 heavy (non-hydrogen) atoms. The Labute approximate surface area is 100 Å². The minimum Gasteiger partial charge on any atom is -0.393 e. The van der Waals surface area contributed by atoms with Crippen molar-refractivity contribution < 1.29 is 5.11 Å². The number of nitrogens with one attached hydrogen (secondary N) is 1. The van der Waals surface area contributed by atoms with E-state index in [1.807, 2.05) is 6.08 Å². The van der Waals surface area contributed by atoms with Crippen LogP contribution in [-0.2, 0) is 0 Å². The Morgan fingerprint density at radius 1 is 1.38 bits per heavy atom. The molecule has 0 spiro atoms. The van der Waals surface area contributed by atoms with E-state index in [0.717, 1.165) is 25.3 Å². The molecule has 0 aromatic heterocycles. The van der Waals surface area contributed by atoms with Crippen molar-refractivity contribution in [1.82, 2.24) is 5.32 Å². The number of allylic oxidation sites excluding steroid dienone is 1. The summed E-state index contributed by atoms with van der Waals surface area (Å²) in [6.07, 6.45) is 7.76. The molecule has 0 radical (unpaired) electrons. The lowest BCUT2D eigenvalue weighted by molar-refractivity contribution is 0.114. The second kappa shape index (κ2) is 7.08. The molecule has 0 aliphatic heterocycles. The molecule has 1 fully saturated rings. The van der Waals surface area contributed by atoms with E-state index >= 15 is 0 Å². The topological polar surface area (TPSA) is 32.3 Å². The van der Waals surface area contributed by atoms with Crippen LogP contribution in [0, 0.1) is 11.8 Å². The maximum atomic E-state index is 9.71. The van der Waals surface area contributed by atoms with E-state index in [9.17, 15) is 5.11 Å². The highest BCUT2D eigenvalue weighted by Crippen LogP contribution is 2.34. The fourth-order valence-corrected chi connectivity index (χ4v) is 2.05. The summed E-state index contributed by atoms with van der Waals surface area (Å²) in [6, 6.07) is 0.650. The molecule has 0 saturated heterocycles. The summed E-state index contributed by atoms with van der Waals surface area (Å²) in [4.78, 5) is 0. The molecule has 2 atom stereocenters. The predicted molar refractivity (Wildman–Crippen MR) is 69.4 cm³/mol. The Morgan fingerprint density at radius 3 is 2.56 bits per heavy atom. The summed E-state index contributed by atoms with van der Waals surface area (Å²) in [5.41, 5.74) is 0. The first-order valence-corrected chi connectivity index (χ1v) is 6.67. The largest absolute Gasteiger partial charge is 0.393 e. The van der Waals surface area contributed by atoms with Gasteiger partial charge < -0.3 is 10.4 Å². The highest BCUT2D eigenvalue weighted by atomic mass is 16.3. The summed E-state index contributed by atoms with van der Waals surface area (Å²) < 4.78 is 0. The van der Waals surface area contributed by atoms with E-state index in [1.165, 1.54) is 19.3 Å². The molecule has 2 N–H and O–H groups in total. The maximum absolute atomic E-state index is 9.71. The quantitative estimate of drug-likeness (QED) is 0.591. The molecule has 2 heteroatoms. The van der Waals surface area contributed by atoms with Crippen molar-refractivity contribution in [1.29, 1.82) is 0 Å². The monoisotopic (exact) mass is 225 g/mol. The van der Waals surface area contributed by atoms with E-state index < -0.39 is 0 Å². The van der Waals surface area contributed by atoms with Gasteiger partial charge in [0.25, 0.3) is 0 Å². The van der Waals surface area contributed by atoms with E-state index in [-0.39, 0.29) is 6.10 Å². The van der Waals surface area contributed by atoms with Gasteiger partial charge in [-0.1, -0.05) is 19.9 Å². The molecule has 2 unspecified atom stereocenters. The molecule has 1 rings (SSSR count). The molecule has 0 amide bonds. The molecule has 2 nitrogen and oxygen atoms in total. The van der Waals surface area contributed by atoms with Crippen LogP contribution in [0.3, 0.4) is 0 Å². The van der Waals surface area contributed by atoms with Crippen molar-refractivity contribution in [3.8, 4) is 0 Å². The SMILES string of the molecule is C=CCCC(NCCC(O)C(C)C)C1CC1. The average Bonchev–Trinajstić information content (AvgIpc) is 3.06. The van der Waals surface area contributed by atoms with Crippen molar-refractivity contribution in [2.24, 2.45) is 11.8 Å². The molecule has 1 saturated carbocycles. The molecule has 94 valence electrons. The Morgan fingerprint density at radius 2 is 2.06 bits per heavy atom. The lowest BCUT2D eigenvalue weighted by atomic mass is 10.0. The van der Waals surface area contributed by atoms with Crippen molar-refractivity contribution in [3.63, 3.8) is 0 Å². The van der Waals surface area contributed by atoms with Gasteiger partial charge in [0.05, 0.1) is 6.10 Å². The van der Waals surface area contributed by atoms with E-state index in [0.29, 0.717) is 12.0 Å².